The highest BCUT2D eigenvalue weighted by Gasteiger charge is 2.46. The molecule has 0 radical (unpaired) electrons. The second kappa shape index (κ2) is 23.6. The normalized spacial score (nSPS) is 18.4. The lowest BCUT2D eigenvalue weighted by atomic mass is 9.89. The number of carbonyl (C=O) groups excluding carboxylic acids is 4. The van der Waals surface area contributed by atoms with Crippen LogP contribution in [0.3, 0.4) is 0 Å². The molecule has 2 saturated heterocycles. The molecule has 0 bridgehead atoms. The second-order valence-electron chi connectivity index (χ2n) is 19.7. The van der Waals surface area contributed by atoms with E-state index in [9.17, 15) is 29.4 Å². The molecule has 4 aromatic carbocycles. The molecule has 364 valence electrons. The third-order valence-electron chi connectivity index (χ3n) is 11.8. The Kier molecular flexibility index (Phi) is 18.3. The number of aliphatic hydroxyl groups is 2. The van der Waals surface area contributed by atoms with Crippen molar-refractivity contribution in [2.24, 2.45) is 11.7 Å². The largest absolute Gasteiger partial charge is 0.444 e. The number of carbonyl (C=O) groups is 4. The summed E-state index contributed by atoms with van der Waals surface area (Å²) in [6.07, 6.45) is -1.82. The fourth-order valence-corrected chi connectivity index (χ4v) is 8.39. The Morgan fingerprint density at radius 3 is 1.53 bits per heavy atom. The Bertz CT molecular complexity index is 2340. The van der Waals surface area contributed by atoms with Crippen molar-refractivity contribution in [2.75, 3.05) is 26.2 Å². The number of rotatable bonds is 13. The predicted octanol–water partition coefficient (Wildman–Crippen LogP) is 7.55. The molecule has 2 aliphatic heterocycles. The van der Waals surface area contributed by atoms with E-state index >= 15 is 0 Å². The minimum Gasteiger partial charge on any atom is -0.444 e. The topological polar surface area (TPSA) is 171 Å². The first-order chi connectivity index (χ1) is 32.2. The van der Waals surface area contributed by atoms with Gasteiger partial charge in [0.1, 0.15) is 23.3 Å². The molecule has 6 rings (SSSR count). The summed E-state index contributed by atoms with van der Waals surface area (Å²) in [6, 6.07) is 31.7. The maximum atomic E-state index is 13.6. The molecule has 6 atom stereocenters. The van der Waals surface area contributed by atoms with Crippen molar-refractivity contribution in [2.45, 2.75) is 129 Å². The summed E-state index contributed by atoms with van der Waals surface area (Å²) in [6.45, 7) is 23.8. The molecule has 0 spiro atoms. The molecule has 4 aromatic rings. The lowest BCUT2D eigenvalue weighted by Gasteiger charge is -2.43. The second-order valence-corrected chi connectivity index (χ2v) is 19.7. The van der Waals surface area contributed by atoms with Gasteiger partial charge in [0.15, 0.2) is 5.69 Å². The zero-order valence-electron chi connectivity index (χ0n) is 40.9. The fraction of sp³-hybridized carbons (Fsp3) is 0.463. The summed E-state index contributed by atoms with van der Waals surface area (Å²) in [4.78, 5) is 62.7. The summed E-state index contributed by atoms with van der Waals surface area (Å²) in [7, 11) is 0. The highest BCUT2D eigenvalue weighted by molar-refractivity contribution is 5.88. The number of hydrogen-bond acceptors (Lipinski definition) is 9. The molecule has 14 heteroatoms. The van der Waals surface area contributed by atoms with Gasteiger partial charge < -0.3 is 35.2 Å². The third kappa shape index (κ3) is 14.9. The first-order valence-corrected chi connectivity index (χ1v) is 23.5. The molecule has 0 aromatic heterocycles. The number of hydrogen-bond donors (Lipinski definition) is 3. The molecule has 2 heterocycles. The van der Waals surface area contributed by atoms with Crippen molar-refractivity contribution < 1.29 is 38.9 Å². The van der Waals surface area contributed by atoms with Crippen LogP contribution in [0.1, 0.15) is 83.2 Å². The van der Waals surface area contributed by atoms with Crippen LogP contribution in [-0.4, -0.2) is 122 Å². The highest BCUT2D eigenvalue weighted by Crippen LogP contribution is 2.27. The van der Waals surface area contributed by atoms with Gasteiger partial charge in [-0.3, -0.25) is 19.4 Å². The van der Waals surface area contributed by atoms with Gasteiger partial charge in [-0.05, 0) is 89.0 Å². The Hall–Kier alpha value is -6.27. The SMILES string of the molecule is CCc1cccc(C[C@H](N)[C@H](O)[C@H]2C(=O)N(Cc3ccccc3)CCN2C(=O)OC(C)(C)C)c1.[C-]#[N+]c1cccc(C[C@H](C)[C@H](O)[C@H]2C(=O)N(Cc3ccccc3)CCN2C(=O)OC(C)(C)C)c1. The minimum absolute atomic E-state index is 0.257. The third-order valence-corrected chi connectivity index (χ3v) is 11.8. The van der Waals surface area contributed by atoms with Crippen LogP contribution in [0.5, 0.6) is 0 Å². The first-order valence-electron chi connectivity index (χ1n) is 23.5. The van der Waals surface area contributed by atoms with E-state index in [1.807, 2.05) is 97.9 Å². The number of nitrogens with zero attached hydrogens (tertiary/aromatic N) is 5. The number of piperazine rings is 2. The van der Waals surface area contributed by atoms with E-state index in [2.05, 4.69) is 17.8 Å². The average molecular weight is 931 g/mol. The van der Waals surface area contributed by atoms with Crippen LogP contribution in [0, 0.1) is 12.5 Å². The molecule has 2 aliphatic rings. The first kappa shape index (κ1) is 52.7. The van der Waals surface area contributed by atoms with Crippen LogP contribution in [0.15, 0.2) is 109 Å². The number of aryl methyl sites for hydroxylation is 1. The average Bonchev–Trinajstić information content (AvgIpc) is 3.29. The smallest absolute Gasteiger partial charge is 0.411 e. The lowest BCUT2D eigenvalue weighted by Crippen LogP contribution is -2.65. The van der Waals surface area contributed by atoms with Gasteiger partial charge in [0.25, 0.3) is 0 Å². The Labute approximate surface area is 402 Å². The fourth-order valence-electron chi connectivity index (χ4n) is 8.39. The molecule has 4 amide bonds. The number of benzene rings is 4. The van der Waals surface area contributed by atoms with Crippen molar-refractivity contribution in [3.05, 3.63) is 148 Å². The highest BCUT2D eigenvalue weighted by atomic mass is 16.6. The monoisotopic (exact) mass is 931 g/mol. The van der Waals surface area contributed by atoms with E-state index in [1.54, 1.807) is 63.5 Å². The molecular weight excluding hydrogens is 861 g/mol. The summed E-state index contributed by atoms with van der Waals surface area (Å²) >= 11 is 0. The van der Waals surface area contributed by atoms with E-state index in [1.165, 1.54) is 15.4 Å². The van der Waals surface area contributed by atoms with Crippen molar-refractivity contribution in [1.82, 2.24) is 19.6 Å². The van der Waals surface area contributed by atoms with Gasteiger partial charge in [0, 0.05) is 45.3 Å². The van der Waals surface area contributed by atoms with Gasteiger partial charge in [0.05, 0.1) is 18.8 Å². The van der Waals surface area contributed by atoms with Gasteiger partial charge in [0.2, 0.25) is 11.8 Å². The molecular formula is C54H70N6O8. The maximum Gasteiger partial charge on any atom is 0.411 e. The summed E-state index contributed by atoms with van der Waals surface area (Å²) in [5, 5.41) is 22.6. The molecule has 4 N–H and O–H groups in total. The molecule has 0 unspecified atom stereocenters. The van der Waals surface area contributed by atoms with E-state index < -0.39 is 53.7 Å². The van der Waals surface area contributed by atoms with Gasteiger partial charge in [-0.1, -0.05) is 129 Å². The zero-order valence-corrected chi connectivity index (χ0v) is 40.9. The number of amides is 4. The lowest BCUT2D eigenvalue weighted by molar-refractivity contribution is -0.149. The van der Waals surface area contributed by atoms with Crippen LogP contribution in [0.2, 0.25) is 0 Å². The van der Waals surface area contributed by atoms with Gasteiger partial charge in [-0.15, -0.1) is 0 Å². The van der Waals surface area contributed by atoms with Crippen LogP contribution < -0.4 is 5.73 Å². The zero-order chi connectivity index (χ0) is 49.8. The Morgan fingerprint density at radius 2 is 1.07 bits per heavy atom. The molecule has 14 nitrogen and oxygen atoms in total. The van der Waals surface area contributed by atoms with E-state index in [4.69, 9.17) is 21.8 Å². The minimum atomic E-state index is -1.25. The van der Waals surface area contributed by atoms with Crippen LogP contribution in [0.4, 0.5) is 15.3 Å². The van der Waals surface area contributed by atoms with E-state index in [-0.39, 0.29) is 30.8 Å². The molecule has 2 fully saturated rings. The van der Waals surface area contributed by atoms with E-state index in [0.717, 1.165) is 28.7 Å². The maximum absolute atomic E-state index is 13.6. The standard InChI is InChI=1S/C27H33N3O4.C27H37N3O4/c1-19(16-21-12-9-13-22(17-21)28-5)24(31)23-25(32)29(18-20-10-7-6-8-11-20)14-15-30(23)26(33)34-27(2,3)4;1-5-19-12-9-13-21(16-19)17-22(28)24(31)23-25(32)29(18-20-10-7-6-8-11-20)14-15-30(23)26(33)34-27(2,3)4/h6-13,17,19,23-24,31H,14-16,18H2,1-4H3;6-13,16,22-24,31H,5,14-15,17-18,28H2,1-4H3/t19-,23-,24-;22-,23-,24-/m00/s1. The predicted molar refractivity (Wildman–Crippen MR) is 262 cm³/mol. The van der Waals surface area contributed by atoms with Crippen LogP contribution in [0.25, 0.3) is 4.85 Å². The summed E-state index contributed by atoms with van der Waals surface area (Å²) in [5.74, 6) is -0.960. The van der Waals surface area contributed by atoms with Crippen LogP contribution in [-0.2, 0) is 51.4 Å². The van der Waals surface area contributed by atoms with Crippen LogP contribution >= 0.6 is 0 Å². The number of nitrogens with two attached hydrogens (primary N) is 1. The van der Waals surface area contributed by atoms with Crippen molar-refractivity contribution >= 4 is 29.7 Å². The molecule has 0 aliphatic carbocycles. The van der Waals surface area contributed by atoms with Crippen molar-refractivity contribution in [3.63, 3.8) is 0 Å². The van der Waals surface area contributed by atoms with Crippen molar-refractivity contribution in [1.29, 1.82) is 0 Å². The molecule has 68 heavy (non-hydrogen) atoms. The van der Waals surface area contributed by atoms with Gasteiger partial charge >= 0.3 is 12.2 Å². The van der Waals surface area contributed by atoms with Crippen molar-refractivity contribution in [3.8, 4) is 0 Å². The van der Waals surface area contributed by atoms with E-state index in [0.29, 0.717) is 44.7 Å². The number of aliphatic hydroxyl groups excluding tert-OH is 2. The quantitative estimate of drug-likeness (QED) is 0.115. The summed E-state index contributed by atoms with van der Waals surface area (Å²) in [5.41, 5.74) is 10.5. The Balaban J connectivity index is 0.000000254. The molecule has 0 saturated carbocycles. The van der Waals surface area contributed by atoms with Gasteiger partial charge in [-0.2, -0.15) is 0 Å². The van der Waals surface area contributed by atoms with Gasteiger partial charge in [-0.25, -0.2) is 14.4 Å². The summed E-state index contributed by atoms with van der Waals surface area (Å²) < 4.78 is 11.1. The Morgan fingerprint density at radius 1 is 0.647 bits per heavy atom. The number of ether oxygens (including phenoxy) is 2.